The molecule has 0 spiro atoms. The van der Waals surface area contributed by atoms with Crippen LogP contribution in [0.1, 0.15) is 51.9 Å². The minimum Gasteiger partial charge on any atom is -0.312 e. The molecular formula is C18H26N2O3S. The third-order valence-electron chi connectivity index (χ3n) is 5.12. The van der Waals surface area contributed by atoms with Crippen LogP contribution in [0.5, 0.6) is 0 Å². The predicted molar refractivity (Wildman–Crippen MR) is 94.5 cm³/mol. The number of anilines is 1. The van der Waals surface area contributed by atoms with Gasteiger partial charge in [0.2, 0.25) is 15.9 Å². The van der Waals surface area contributed by atoms with Gasteiger partial charge in [0.15, 0.2) is 0 Å². The van der Waals surface area contributed by atoms with E-state index < -0.39 is 10.0 Å². The standard InChI is InChI=1S/C18H26N2O3S/c1-2-15-7-3-6-14-20(15)24(22,23)17-11-9-16(10-12-17)19-13-5-4-8-18(19)21/h9-12,15H,2-8,13-14H2,1H3. The number of nitrogens with zero attached hydrogens (tertiary/aromatic N) is 2. The number of rotatable bonds is 4. The van der Waals surface area contributed by atoms with Crippen molar-refractivity contribution in [3.8, 4) is 0 Å². The highest BCUT2D eigenvalue weighted by Crippen LogP contribution is 2.28. The average molecular weight is 350 g/mol. The van der Waals surface area contributed by atoms with Gasteiger partial charge in [-0.3, -0.25) is 4.79 Å². The summed E-state index contributed by atoms with van der Waals surface area (Å²) in [5.41, 5.74) is 0.796. The van der Waals surface area contributed by atoms with Gasteiger partial charge in [-0.15, -0.1) is 0 Å². The summed E-state index contributed by atoms with van der Waals surface area (Å²) in [4.78, 5) is 14.1. The molecule has 0 aliphatic carbocycles. The summed E-state index contributed by atoms with van der Waals surface area (Å²) in [5, 5.41) is 0. The molecule has 2 aliphatic rings. The maximum absolute atomic E-state index is 13.0. The smallest absolute Gasteiger partial charge is 0.243 e. The summed E-state index contributed by atoms with van der Waals surface area (Å²) in [6.07, 6.45) is 6.32. The molecule has 0 bridgehead atoms. The van der Waals surface area contributed by atoms with E-state index in [9.17, 15) is 13.2 Å². The van der Waals surface area contributed by atoms with E-state index in [2.05, 4.69) is 0 Å². The van der Waals surface area contributed by atoms with Gasteiger partial charge in [0.25, 0.3) is 0 Å². The monoisotopic (exact) mass is 350 g/mol. The number of hydrogen-bond donors (Lipinski definition) is 0. The van der Waals surface area contributed by atoms with Crippen molar-refractivity contribution < 1.29 is 13.2 Å². The minimum atomic E-state index is -3.45. The lowest BCUT2D eigenvalue weighted by Crippen LogP contribution is -2.43. The van der Waals surface area contributed by atoms with Crippen molar-refractivity contribution in [3.05, 3.63) is 24.3 Å². The van der Waals surface area contributed by atoms with Crippen LogP contribution in [0.3, 0.4) is 0 Å². The van der Waals surface area contributed by atoms with Gasteiger partial charge < -0.3 is 4.90 Å². The van der Waals surface area contributed by atoms with E-state index in [-0.39, 0.29) is 11.9 Å². The molecule has 0 aromatic heterocycles. The zero-order valence-electron chi connectivity index (χ0n) is 14.3. The van der Waals surface area contributed by atoms with Gasteiger partial charge in [-0.25, -0.2) is 8.42 Å². The van der Waals surface area contributed by atoms with E-state index in [1.54, 1.807) is 33.5 Å². The van der Waals surface area contributed by atoms with Crippen LogP contribution in [-0.4, -0.2) is 37.8 Å². The normalized spacial score (nSPS) is 23.5. The fourth-order valence-corrected chi connectivity index (χ4v) is 5.48. The predicted octanol–water partition coefficient (Wildman–Crippen LogP) is 3.16. The first-order chi connectivity index (χ1) is 11.5. The third kappa shape index (κ3) is 3.35. The zero-order chi connectivity index (χ0) is 17.2. The minimum absolute atomic E-state index is 0.104. The highest BCUT2D eigenvalue weighted by molar-refractivity contribution is 7.89. The topological polar surface area (TPSA) is 57.7 Å². The second-order valence-electron chi connectivity index (χ2n) is 6.67. The Balaban J connectivity index is 1.82. The Morgan fingerprint density at radius 3 is 2.42 bits per heavy atom. The fraction of sp³-hybridized carbons (Fsp3) is 0.611. The largest absolute Gasteiger partial charge is 0.312 e. The maximum atomic E-state index is 13.0. The van der Waals surface area contributed by atoms with Crippen molar-refractivity contribution >= 4 is 21.6 Å². The summed E-state index contributed by atoms with van der Waals surface area (Å²) < 4.78 is 27.6. The van der Waals surface area contributed by atoms with Crippen LogP contribution >= 0.6 is 0 Å². The summed E-state index contributed by atoms with van der Waals surface area (Å²) in [5.74, 6) is 0.124. The van der Waals surface area contributed by atoms with E-state index >= 15 is 0 Å². The van der Waals surface area contributed by atoms with Gasteiger partial charge in [0, 0.05) is 31.2 Å². The maximum Gasteiger partial charge on any atom is 0.243 e. The van der Waals surface area contributed by atoms with Gasteiger partial charge in [0.1, 0.15) is 0 Å². The Labute approximate surface area is 144 Å². The van der Waals surface area contributed by atoms with Crippen LogP contribution < -0.4 is 4.90 Å². The van der Waals surface area contributed by atoms with Crippen molar-refractivity contribution in [2.24, 2.45) is 0 Å². The summed E-state index contributed by atoms with van der Waals surface area (Å²) in [6.45, 7) is 3.37. The zero-order valence-corrected chi connectivity index (χ0v) is 15.1. The Morgan fingerprint density at radius 2 is 1.75 bits per heavy atom. The Bertz CT molecular complexity index is 685. The SMILES string of the molecule is CCC1CCCCN1S(=O)(=O)c1ccc(N2CCCCC2=O)cc1. The lowest BCUT2D eigenvalue weighted by Gasteiger charge is -2.34. The Kier molecular flexibility index (Phi) is 5.25. The van der Waals surface area contributed by atoms with Crippen LogP contribution in [0.15, 0.2) is 29.2 Å². The molecule has 1 atom stereocenters. The number of amides is 1. The first kappa shape index (κ1) is 17.4. The second kappa shape index (κ2) is 7.23. The number of carbonyl (C=O) groups is 1. The van der Waals surface area contributed by atoms with E-state index in [0.717, 1.165) is 50.8 Å². The van der Waals surface area contributed by atoms with E-state index in [1.165, 1.54) is 0 Å². The van der Waals surface area contributed by atoms with Crippen LogP contribution in [0.4, 0.5) is 5.69 Å². The fourth-order valence-electron chi connectivity index (χ4n) is 3.71. The lowest BCUT2D eigenvalue weighted by atomic mass is 10.0. The van der Waals surface area contributed by atoms with Crippen molar-refractivity contribution in [1.82, 2.24) is 4.31 Å². The highest BCUT2D eigenvalue weighted by Gasteiger charge is 2.32. The van der Waals surface area contributed by atoms with Gasteiger partial charge >= 0.3 is 0 Å². The summed E-state index contributed by atoms with van der Waals surface area (Å²) >= 11 is 0. The van der Waals surface area contributed by atoms with Gasteiger partial charge in [-0.1, -0.05) is 13.3 Å². The number of hydrogen-bond acceptors (Lipinski definition) is 3. The molecule has 2 fully saturated rings. The Hall–Kier alpha value is -1.40. The van der Waals surface area contributed by atoms with Crippen molar-refractivity contribution in [2.45, 2.75) is 62.8 Å². The first-order valence-corrected chi connectivity index (χ1v) is 10.4. The molecule has 0 radical (unpaired) electrons. The Morgan fingerprint density at radius 1 is 1.04 bits per heavy atom. The molecule has 24 heavy (non-hydrogen) atoms. The first-order valence-electron chi connectivity index (χ1n) is 8.96. The van der Waals surface area contributed by atoms with Crippen molar-refractivity contribution in [1.29, 1.82) is 0 Å². The van der Waals surface area contributed by atoms with Crippen LogP contribution in [0, 0.1) is 0 Å². The molecule has 1 unspecified atom stereocenters. The number of piperidine rings is 2. The van der Waals surface area contributed by atoms with Gasteiger partial charge in [-0.05, 0) is 56.4 Å². The average Bonchev–Trinajstić information content (AvgIpc) is 2.62. The summed E-state index contributed by atoms with van der Waals surface area (Å²) in [6, 6.07) is 6.93. The molecule has 2 aliphatic heterocycles. The van der Waals surface area contributed by atoms with E-state index in [4.69, 9.17) is 0 Å². The molecule has 0 N–H and O–H groups in total. The molecule has 5 nitrogen and oxygen atoms in total. The molecular weight excluding hydrogens is 324 g/mol. The molecule has 6 heteroatoms. The highest BCUT2D eigenvalue weighted by atomic mass is 32.2. The quantitative estimate of drug-likeness (QED) is 0.838. The van der Waals surface area contributed by atoms with Gasteiger partial charge in [0.05, 0.1) is 4.90 Å². The molecule has 3 rings (SSSR count). The molecule has 2 heterocycles. The second-order valence-corrected chi connectivity index (χ2v) is 8.56. The van der Waals surface area contributed by atoms with Crippen LogP contribution in [0.2, 0.25) is 0 Å². The number of carbonyl (C=O) groups excluding carboxylic acids is 1. The van der Waals surface area contributed by atoms with Crippen LogP contribution in [-0.2, 0) is 14.8 Å². The van der Waals surface area contributed by atoms with Crippen molar-refractivity contribution in [3.63, 3.8) is 0 Å². The van der Waals surface area contributed by atoms with E-state index in [0.29, 0.717) is 17.9 Å². The van der Waals surface area contributed by atoms with Crippen molar-refractivity contribution in [2.75, 3.05) is 18.0 Å². The third-order valence-corrected chi connectivity index (χ3v) is 7.09. The molecule has 1 aromatic carbocycles. The molecule has 0 saturated carbocycles. The van der Waals surface area contributed by atoms with Crippen LogP contribution in [0.25, 0.3) is 0 Å². The molecule has 2 saturated heterocycles. The molecule has 1 amide bonds. The summed E-state index contributed by atoms with van der Waals surface area (Å²) in [7, 11) is -3.45. The lowest BCUT2D eigenvalue weighted by molar-refractivity contribution is -0.119. The number of benzene rings is 1. The molecule has 1 aromatic rings. The van der Waals surface area contributed by atoms with Gasteiger partial charge in [-0.2, -0.15) is 4.31 Å². The van der Waals surface area contributed by atoms with E-state index in [1.807, 2.05) is 6.92 Å². The molecule has 132 valence electrons. The number of sulfonamides is 1.